The molecule has 2 aliphatic heterocycles. The molecule has 1 aromatic carbocycles. The fraction of sp³-hybridized carbons (Fsp3) is 0.368. The number of fused-ring (bicyclic) bond motifs is 1. The molecule has 0 spiro atoms. The van der Waals surface area contributed by atoms with Crippen LogP contribution in [0.1, 0.15) is 36.4 Å². The third kappa shape index (κ3) is 3.17. The van der Waals surface area contributed by atoms with E-state index in [1.807, 2.05) is 37.3 Å². The van der Waals surface area contributed by atoms with Crippen LogP contribution in [0.15, 0.2) is 30.3 Å². The van der Waals surface area contributed by atoms with E-state index in [-0.39, 0.29) is 22.5 Å². The second-order valence-corrected chi connectivity index (χ2v) is 9.37. The largest absolute Gasteiger partial charge is 0.315 e. The van der Waals surface area contributed by atoms with E-state index < -0.39 is 6.04 Å². The summed E-state index contributed by atoms with van der Waals surface area (Å²) in [5, 5.41) is 3.21. The maximum atomic E-state index is 12.8. The third-order valence-electron chi connectivity index (χ3n) is 4.97. The Kier molecular flexibility index (Phi) is 4.55. The number of nitrogens with one attached hydrogen (secondary N) is 1. The lowest BCUT2D eigenvalue weighted by atomic mass is 10.1. The van der Waals surface area contributed by atoms with Crippen molar-refractivity contribution in [1.82, 2.24) is 9.88 Å². The van der Waals surface area contributed by atoms with Crippen molar-refractivity contribution in [2.45, 2.75) is 37.6 Å². The van der Waals surface area contributed by atoms with Gasteiger partial charge in [-0.3, -0.25) is 14.4 Å². The van der Waals surface area contributed by atoms with Crippen LogP contribution in [0.3, 0.4) is 0 Å². The van der Waals surface area contributed by atoms with E-state index in [1.165, 1.54) is 18.3 Å². The summed E-state index contributed by atoms with van der Waals surface area (Å²) >= 11 is 2.82. The average molecular weight is 402 g/mol. The molecule has 0 aliphatic carbocycles. The second kappa shape index (κ2) is 6.76. The van der Waals surface area contributed by atoms with Gasteiger partial charge in [-0.2, -0.15) is 0 Å². The average Bonchev–Trinajstić information content (AvgIpc) is 3.29. The molecule has 2 atom stereocenters. The SMILES string of the molecule is CC(=O)c1sc(NC(=O)[C@@H]2CS[C@@]3(C)CCC(=O)N23)nc1-c1ccccc1. The van der Waals surface area contributed by atoms with E-state index in [4.69, 9.17) is 0 Å². The van der Waals surface area contributed by atoms with Gasteiger partial charge in [-0.15, -0.1) is 11.8 Å². The Bertz CT molecular complexity index is 928. The quantitative estimate of drug-likeness (QED) is 0.795. The van der Waals surface area contributed by atoms with Crippen molar-refractivity contribution in [3.05, 3.63) is 35.2 Å². The van der Waals surface area contributed by atoms with Crippen LogP contribution in [0.5, 0.6) is 0 Å². The number of anilines is 1. The second-order valence-electron chi connectivity index (χ2n) is 6.87. The summed E-state index contributed by atoms with van der Waals surface area (Å²) in [5.41, 5.74) is 1.41. The number of carbonyl (C=O) groups is 3. The molecule has 0 radical (unpaired) electrons. The number of Topliss-reactive ketones (excluding diaryl/α,β-unsaturated/α-hetero) is 1. The van der Waals surface area contributed by atoms with Crippen LogP contribution < -0.4 is 5.32 Å². The van der Waals surface area contributed by atoms with Crippen molar-refractivity contribution in [3.63, 3.8) is 0 Å². The fourth-order valence-electron chi connectivity index (χ4n) is 3.61. The molecule has 8 heteroatoms. The fourth-order valence-corrected chi connectivity index (χ4v) is 5.92. The summed E-state index contributed by atoms with van der Waals surface area (Å²) < 4.78 is 0. The number of rotatable bonds is 4. The standard InChI is InChI=1S/C19H19N3O3S2/c1-11(23)16-15(12-6-4-3-5-7-12)20-18(27-16)21-17(25)13-10-26-19(2)9-8-14(24)22(13)19/h3-7,13H,8-10H2,1-2H3,(H,20,21,25)/t13-,19-/m0/s1. The maximum absolute atomic E-state index is 12.8. The Balaban J connectivity index is 1.59. The molecule has 3 heterocycles. The lowest BCUT2D eigenvalue weighted by Gasteiger charge is -2.29. The number of carbonyl (C=O) groups excluding carboxylic acids is 3. The van der Waals surface area contributed by atoms with Gasteiger partial charge in [0.1, 0.15) is 6.04 Å². The summed E-state index contributed by atoms with van der Waals surface area (Å²) in [6.45, 7) is 3.51. The van der Waals surface area contributed by atoms with Crippen molar-refractivity contribution in [2.75, 3.05) is 11.1 Å². The minimum absolute atomic E-state index is 0.0242. The number of thioether (sulfide) groups is 1. The molecule has 2 aromatic rings. The first-order valence-corrected chi connectivity index (χ1v) is 10.5. The monoisotopic (exact) mass is 401 g/mol. The molecule has 0 bridgehead atoms. The molecular formula is C19H19N3O3S2. The van der Waals surface area contributed by atoms with Crippen molar-refractivity contribution in [3.8, 4) is 11.3 Å². The molecule has 2 fully saturated rings. The number of aromatic nitrogens is 1. The molecule has 2 aliphatic rings. The van der Waals surface area contributed by atoms with Crippen molar-refractivity contribution in [2.24, 2.45) is 0 Å². The van der Waals surface area contributed by atoms with Gasteiger partial charge in [-0.25, -0.2) is 4.98 Å². The number of hydrogen-bond donors (Lipinski definition) is 1. The molecule has 1 N–H and O–H groups in total. The van der Waals surface area contributed by atoms with Gasteiger partial charge in [-0.1, -0.05) is 41.7 Å². The van der Waals surface area contributed by atoms with Gasteiger partial charge in [0.15, 0.2) is 10.9 Å². The van der Waals surface area contributed by atoms with Gasteiger partial charge in [0.2, 0.25) is 11.8 Å². The van der Waals surface area contributed by atoms with Gasteiger partial charge in [0.25, 0.3) is 0 Å². The summed E-state index contributed by atoms with van der Waals surface area (Å²) in [4.78, 5) is 43.5. The summed E-state index contributed by atoms with van der Waals surface area (Å²) in [7, 11) is 0. The Morgan fingerprint density at radius 1 is 1.30 bits per heavy atom. The first kappa shape index (κ1) is 18.2. The first-order chi connectivity index (χ1) is 12.9. The molecule has 6 nitrogen and oxygen atoms in total. The maximum Gasteiger partial charge on any atom is 0.249 e. The summed E-state index contributed by atoms with van der Waals surface area (Å²) in [5.74, 6) is 0.261. The van der Waals surface area contributed by atoms with E-state index in [0.717, 1.165) is 12.0 Å². The molecule has 1 aromatic heterocycles. The van der Waals surface area contributed by atoms with Gasteiger partial charge in [0.05, 0.1) is 15.4 Å². The highest BCUT2D eigenvalue weighted by molar-refractivity contribution is 8.01. The molecule has 140 valence electrons. The van der Waals surface area contributed by atoms with Crippen LogP contribution in [0, 0.1) is 0 Å². The molecule has 0 saturated carbocycles. The Morgan fingerprint density at radius 3 is 2.74 bits per heavy atom. The molecule has 4 rings (SSSR count). The van der Waals surface area contributed by atoms with Crippen LogP contribution in [0.25, 0.3) is 11.3 Å². The Labute approximate surface area is 165 Å². The van der Waals surface area contributed by atoms with Crippen LogP contribution >= 0.6 is 23.1 Å². The van der Waals surface area contributed by atoms with Gasteiger partial charge < -0.3 is 10.2 Å². The number of hydrogen-bond acceptors (Lipinski definition) is 6. The Morgan fingerprint density at radius 2 is 2.04 bits per heavy atom. The number of ketones is 1. The molecular weight excluding hydrogens is 382 g/mol. The summed E-state index contributed by atoms with van der Waals surface area (Å²) in [6.07, 6.45) is 1.25. The topological polar surface area (TPSA) is 79.4 Å². The van der Waals surface area contributed by atoms with Gasteiger partial charge >= 0.3 is 0 Å². The smallest absolute Gasteiger partial charge is 0.249 e. The van der Waals surface area contributed by atoms with Crippen molar-refractivity contribution in [1.29, 1.82) is 0 Å². The molecule has 2 saturated heterocycles. The normalized spacial score (nSPS) is 24.1. The summed E-state index contributed by atoms with van der Waals surface area (Å²) in [6, 6.07) is 8.93. The zero-order chi connectivity index (χ0) is 19.2. The minimum Gasteiger partial charge on any atom is -0.315 e. The van der Waals surface area contributed by atoms with E-state index in [0.29, 0.717) is 27.9 Å². The predicted molar refractivity (Wildman–Crippen MR) is 107 cm³/mol. The highest BCUT2D eigenvalue weighted by atomic mass is 32.2. The van der Waals surface area contributed by atoms with E-state index >= 15 is 0 Å². The lowest BCUT2D eigenvalue weighted by Crippen LogP contribution is -2.48. The highest BCUT2D eigenvalue weighted by Crippen LogP contribution is 2.47. The van der Waals surface area contributed by atoms with Crippen LogP contribution in [0.2, 0.25) is 0 Å². The minimum atomic E-state index is -0.500. The lowest BCUT2D eigenvalue weighted by molar-refractivity contribution is -0.135. The van der Waals surface area contributed by atoms with Crippen LogP contribution in [-0.2, 0) is 9.59 Å². The van der Waals surface area contributed by atoms with Crippen LogP contribution in [-0.4, -0.2) is 44.1 Å². The molecule has 27 heavy (non-hydrogen) atoms. The van der Waals surface area contributed by atoms with E-state index in [2.05, 4.69) is 10.3 Å². The van der Waals surface area contributed by atoms with Crippen molar-refractivity contribution >= 4 is 45.8 Å². The third-order valence-corrected chi connectivity index (χ3v) is 7.55. The van der Waals surface area contributed by atoms with Gasteiger partial charge in [-0.05, 0) is 13.3 Å². The first-order valence-electron chi connectivity index (χ1n) is 8.73. The molecule has 2 amide bonds. The zero-order valence-corrected chi connectivity index (χ0v) is 16.7. The highest BCUT2D eigenvalue weighted by Gasteiger charge is 2.53. The number of nitrogens with zero attached hydrogens (tertiary/aromatic N) is 2. The van der Waals surface area contributed by atoms with E-state index in [1.54, 1.807) is 16.7 Å². The number of amides is 2. The van der Waals surface area contributed by atoms with Crippen LogP contribution in [0.4, 0.5) is 5.13 Å². The predicted octanol–water partition coefficient (Wildman–Crippen LogP) is 3.41. The van der Waals surface area contributed by atoms with Crippen molar-refractivity contribution < 1.29 is 14.4 Å². The van der Waals surface area contributed by atoms with E-state index in [9.17, 15) is 14.4 Å². The number of thiazole rings is 1. The Hall–Kier alpha value is -2.19. The number of benzene rings is 1. The van der Waals surface area contributed by atoms with Gasteiger partial charge in [0, 0.05) is 24.7 Å². The molecule has 0 unspecified atom stereocenters. The zero-order valence-electron chi connectivity index (χ0n) is 15.0.